The van der Waals surface area contributed by atoms with E-state index >= 15 is 0 Å². The van der Waals surface area contributed by atoms with E-state index in [0.29, 0.717) is 12.5 Å². The number of carbonyl (C=O) groups is 1. The minimum Gasteiger partial charge on any atom is -0.376 e. The molecular weight excluding hydrogens is 362 g/mol. The highest BCUT2D eigenvalue weighted by molar-refractivity contribution is 5.75. The summed E-state index contributed by atoms with van der Waals surface area (Å²) in [7, 11) is 0. The normalized spacial score (nSPS) is 24.0. The summed E-state index contributed by atoms with van der Waals surface area (Å²) < 4.78 is 5.99. The summed E-state index contributed by atoms with van der Waals surface area (Å²) in [4.78, 5) is 18.6. The molecule has 154 valence electrons. The molecule has 0 unspecified atom stereocenters. The third-order valence-corrected chi connectivity index (χ3v) is 6.45. The number of nitrogens with zero attached hydrogens (tertiary/aromatic N) is 2. The zero-order valence-electron chi connectivity index (χ0n) is 17.4. The average molecular weight is 394 g/mol. The molecule has 2 amide bonds. The number of hydrogen-bond donors (Lipinski definition) is 1. The summed E-state index contributed by atoms with van der Waals surface area (Å²) in [5.41, 5.74) is 2.52. The van der Waals surface area contributed by atoms with Crippen molar-refractivity contribution in [2.75, 3.05) is 26.2 Å². The van der Waals surface area contributed by atoms with Crippen molar-refractivity contribution < 1.29 is 9.53 Å². The molecule has 0 bridgehead atoms. The van der Waals surface area contributed by atoms with Crippen molar-refractivity contribution >= 4 is 6.03 Å². The van der Waals surface area contributed by atoms with Crippen molar-refractivity contribution in [1.82, 2.24) is 15.2 Å². The standard InChI is InChI=1S/C24H31N3O2/c1-23(2)18-24(11-15-29-23,21-6-4-3-5-7-21)10-14-26-22(28)27-16-20(17-27)19-8-12-25-13-9-19/h3-9,12-13,20H,10-11,14-18H2,1-2H3,(H,26,28)/t24-/m1/s1. The van der Waals surface area contributed by atoms with Crippen LogP contribution in [-0.2, 0) is 10.2 Å². The van der Waals surface area contributed by atoms with Crippen molar-refractivity contribution in [1.29, 1.82) is 0 Å². The van der Waals surface area contributed by atoms with Crippen molar-refractivity contribution in [2.24, 2.45) is 0 Å². The Morgan fingerprint density at radius 1 is 1.17 bits per heavy atom. The number of aromatic nitrogens is 1. The SMILES string of the molecule is CC1(C)C[C@](CCNC(=O)N2CC(c3ccncc3)C2)(c2ccccc2)CCO1. The van der Waals surface area contributed by atoms with E-state index in [2.05, 4.69) is 54.5 Å². The van der Waals surface area contributed by atoms with E-state index in [9.17, 15) is 4.79 Å². The van der Waals surface area contributed by atoms with E-state index in [1.54, 1.807) is 0 Å². The Morgan fingerprint density at radius 2 is 1.90 bits per heavy atom. The number of nitrogens with one attached hydrogen (secondary N) is 1. The van der Waals surface area contributed by atoms with E-state index in [0.717, 1.165) is 39.0 Å². The number of carbonyl (C=O) groups excluding carboxylic acids is 1. The Hall–Kier alpha value is -2.40. The summed E-state index contributed by atoms with van der Waals surface area (Å²) in [5, 5.41) is 3.16. The molecular formula is C24H31N3O2. The van der Waals surface area contributed by atoms with Gasteiger partial charge >= 0.3 is 6.03 Å². The zero-order valence-corrected chi connectivity index (χ0v) is 17.4. The molecule has 0 spiro atoms. The molecule has 4 rings (SSSR count). The van der Waals surface area contributed by atoms with Gasteiger partial charge in [-0.3, -0.25) is 4.98 Å². The predicted molar refractivity (Wildman–Crippen MR) is 114 cm³/mol. The fraction of sp³-hybridized carbons (Fsp3) is 0.500. The fourth-order valence-electron chi connectivity index (χ4n) is 4.88. The van der Waals surface area contributed by atoms with Crippen molar-refractivity contribution in [3.63, 3.8) is 0 Å². The number of ether oxygens (including phenoxy) is 1. The van der Waals surface area contributed by atoms with Crippen LogP contribution in [-0.4, -0.2) is 47.8 Å². The molecule has 2 aromatic rings. The number of likely N-dealkylation sites (tertiary alicyclic amines) is 1. The van der Waals surface area contributed by atoms with Crippen LogP contribution in [0, 0.1) is 0 Å². The second-order valence-electron chi connectivity index (χ2n) is 9.05. The first-order valence-electron chi connectivity index (χ1n) is 10.6. The topological polar surface area (TPSA) is 54.5 Å². The Kier molecular flexibility index (Phi) is 5.59. The molecule has 1 atom stereocenters. The fourth-order valence-corrected chi connectivity index (χ4v) is 4.88. The molecule has 3 heterocycles. The molecule has 29 heavy (non-hydrogen) atoms. The summed E-state index contributed by atoms with van der Waals surface area (Å²) >= 11 is 0. The molecule has 5 nitrogen and oxygen atoms in total. The average Bonchev–Trinajstić information content (AvgIpc) is 2.68. The maximum Gasteiger partial charge on any atom is 0.317 e. The lowest BCUT2D eigenvalue weighted by Crippen LogP contribution is -2.53. The molecule has 0 aliphatic carbocycles. The molecule has 1 aromatic carbocycles. The molecule has 5 heteroatoms. The second kappa shape index (κ2) is 8.15. The smallest absolute Gasteiger partial charge is 0.317 e. The van der Waals surface area contributed by atoms with Gasteiger partial charge in [0.1, 0.15) is 0 Å². The lowest BCUT2D eigenvalue weighted by Gasteiger charge is -2.46. The Bertz CT molecular complexity index is 819. The third-order valence-electron chi connectivity index (χ3n) is 6.45. The molecule has 0 saturated carbocycles. The second-order valence-corrected chi connectivity index (χ2v) is 9.05. The minimum atomic E-state index is -0.146. The van der Waals surface area contributed by atoms with Gasteiger partial charge in [0, 0.05) is 50.0 Å². The number of urea groups is 1. The summed E-state index contributed by atoms with van der Waals surface area (Å²) in [6.45, 7) is 7.33. The first-order valence-corrected chi connectivity index (χ1v) is 10.6. The molecule has 2 aliphatic heterocycles. The Morgan fingerprint density at radius 3 is 2.59 bits per heavy atom. The quantitative estimate of drug-likeness (QED) is 0.832. The summed E-state index contributed by atoms with van der Waals surface area (Å²) in [5.74, 6) is 0.427. The van der Waals surface area contributed by atoms with Crippen LogP contribution in [0.5, 0.6) is 0 Å². The van der Waals surface area contributed by atoms with Gasteiger partial charge in [0.05, 0.1) is 5.60 Å². The highest BCUT2D eigenvalue weighted by atomic mass is 16.5. The van der Waals surface area contributed by atoms with E-state index in [1.165, 1.54) is 11.1 Å². The van der Waals surface area contributed by atoms with Crippen LogP contribution >= 0.6 is 0 Å². The molecule has 2 fully saturated rings. The molecule has 0 radical (unpaired) electrons. The van der Waals surface area contributed by atoms with Gasteiger partial charge < -0.3 is 15.0 Å². The van der Waals surface area contributed by atoms with Gasteiger partial charge in [0.2, 0.25) is 0 Å². The highest BCUT2D eigenvalue weighted by Gasteiger charge is 2.42. The largest absolute Gasteiger partial charge is 0.376 e. The zero-order chi connectivity index (χ0) is 20.3. The molecule has 1 aromatic heterocycles. The number of benzene rings is 1. The van der Waals surface area contributed by atoms with Gasteiger partial charge in [-0.2, -0.15) is 0 Å². The van der Waals surface area contributed by atoms with Gasteiger partial charge in [0.25, 0.3) is 0 Å². The molecule has 2 aliphatic rings. The van der Waals surface area contributed by atoms with E-state index in [1.807, 2.05) is 29.4 Å². The van der Waals surface area contributed by atoms with Crippen molar-refractivity contribution in [2.45, 2.75) is 50.0 Å². The van der Waals surface area contributed by atoms with Crippen LogP contribution in [0.15, 0.2) is 54.9 Å². The van der Waals surface area contributed by atoms with E-state index < -0.39 is 0 Å². The highest BCUT2D eigenvalue weighted by Crippen LogP contribution is 2.43. The minimum absolute atomic E-state index is 0.0461. The van der Waals surface area contributed by atoms with Crippen LogP contribution < -0.4 is 5.32 Å². The number of hydrogen-bond acceptors (Lipinski definition) is 3. The van der Waals surface area contributed by atoms with Gasteiger partial charge in [-0.15, -0.1) is 0 Å². The number of amides is 2. The van der Waals surface area contributed by atoms with E-state index in [-0.39, 0.29) is 17.0 Å². The Labute approximate surface area is 173 Å². The lowest BCUT2D eigenvalue weighted by atomic mass is 9.67. The molecule has 1 N–H and O–H groups in total. The summed E-state index contributed by atoms with van der Waals surface area (Å²) in [6, 6.07) is 14.8. The van der Waals surface area contributed by atoms with Crippen molar-refractivity contribution in [3.05, 3.63) is 66.0 Å². The van der Waals surface area contributed by atoms with Crippen LogP contribution in [0.1, 0.15) is 50.2 Å². The van der Waals surface area contributed by atoms with Crippen LogP contribution in [0.4, 0.5) is 4.79 Å². The Balaban J connectivity index is 1.34. The monoisotopic (exact) mass is 393 g/mol. The summed E-state index contributed by atoms with van der Waals surface area (Å²) in [6.07, 6.45) is 6.52. The number of pyridine rings is 1. The van der Waals surface area contributed by atoms with Gasteiger partial charge in [0.15, 0.2) is 0 Å². The van der Waals surface area contributed by atoms with Crippen LogP contribution in [0.2, 0.25) is 0 Å². The van der Waals surface area contributed by atoms with Gasteiger partial charge in [-0.25, -0.2) is 4.79 Å². The third kappa shape index (κ3) is 4.45. The number of rotatable bonds is 5. The molecule has 2 saturated heterocycles. The maximum absolute atomic E-state index is 12.6. The van der Waals surface area contributed by atoms with Crippen LogP contribution in [0.3, 0.4) is 0 Å². The van der Waals surface area contributed by atoms with Crippen molar-refractivity contribution in [3.8, 4) is 0 Å². The maximum atomic E-state index is 12.6. The van der Waals surface area contributed by atoms with Gasteiger partial charge in [-0.05, 0) is 56.4 Å². The van der Waals surface area contributed by atoms with E-state index in [4.69, 9.17) is 4.74 Å². The van der Waals surface area contributed by atoms with Gasteiger partial charge in [-0.1, -0.05) is 30.3 Å². The lowest BCUT2D eigenvalue weighted by molar-refractivity contribution is -0.0839. The first-order chi connectivity index (χ1) is 14.0. The predicted octanol–water partition coefficient (Wildman–Crippen LogP) is 4.11. The van der Waals surface area contributed by atoms with Crippen LogP contribution in [0.25, 0.3) is 0 Å². The first kappa shape index (κ1) is 19.9.